The first kappa shape index (κ1) is 26.8. The summed E-state index contributed by atoms with van der Waals surface area (Å²) in [5.74, 6) is 0.549. The number of hydrogen-bond donors (Lipinski definition) is 0. The Bertz CT molecular complexity index is 1450. The molecule has 0 N–H and O–H groups in total. The molecule has 0 saturated carbocycles. The molecular weight excluding hydrogens is 584 g/mol. The fourth-order valence-corrected chi connectivity index (χ4v) is 5.01. The van der Waals surface area contributed by atoms with Gasteiger partial charge in [0.2, 0.25) is 0 Å². The third kappa shape index (κ3) is 7.85. The minimum absolute atomic E-state index is 0.274. The van der Waals surface area contributed by atoms with Gasteiger partial charge in [-0.05, 0) is 47.5 Å². The summed E-state index contributed by atoms with van der Waals surface area (Å²) in [5, 5.41) is 1.79. The number of rotatable bonds is 8. The summed E-state index contributed by atoms with van der Waals surface area (Å²) in [6.45, 7) is 0. The highest BCUT2D eigenvalue weighted by Gasteiger charge is 2.16. The number of aliphatic imine (C=N–C) groups is 2. The van der Waals surface area contributed by atoms with Gasteiger partial charge in [0, 0.05) is 68.2 Å². The van der Waals surface area contributed by atoms with E-state index in [1.807, 2.05) is 48.5 Å². The summed E-state index contributed by atoms with van der Waals surface area (Å²) in [6, 6.07) is 25.0. The number of hydrogen-bond acceptors (Lipinski definition) is 6. The van der Waals surface area contributed by atoms with E-state index in [0.717, 1.165) is 22.1 Å². The first-order valence-electron chi connectivity index (χ1n) is 10.2. The van der Waals surface area contributed by atoms with Crippen molar-refractivity contribution in [2.75, 3.05) is 0 Å². The van der Waals surface area contributed by atoms with Crippen LogP contribution in [-0.4, -0.2) is 12.4 Å². The predicted octanol–water partition coefficient (Wildman–Crippen LogP) is 10.3. The van der Waals surface area contributed by atoms with Crippen LogP contribution in [0.2, 0.25) is 0 Å². The van der Waals surface area contributed by atoms with E-state index in [2.05, 4.69) is 9.98 Å². The van der Waals surface area contributed by atoms with Gasteiger partial charge in [0.1, 0.15) is 11.5 Å². The highest BCUT2D eigenvalue weighted by molar-refractivity contribution is 8.05. The summed E-state index contributed by atoms with van der Waals surface area (Å²) in [7, 11) is 0. The Morgan fingerprint density at radius 1 is 0.583 bits per heavy atom. The largest absolute Gasteiger partial charge is 0.428 e. The lowest BCUT2D eigenvalue weighted by atomic mass is 10.1. The highest BCUT2D eigenvalue weighted by atomic mass is 35.9. The zero-order chi connectivity index (χ0) is 25.8. The van der Waals surface area contributed by atoms with Crippen molar-refractivity contribution in [1.29, 1.82) is 0 Å². The molecule has 0 aliphatic heterocycles. The molecule has 0 amide bonds. The van der Waals surface area contributed by atoms with Crippen LogP contribution in [0.15, 0.2) is 94.9 Å². The molecule has 0 aliphatic rings. The lowest BCUT2D eigenvalue weighted by Crippen LogP contribution is -1.86. The molecule has 0 fully saturated rings. The van der Waals surface area contributed by atoms with Gasteiger partial charge in [-0.25, -0.2) is 9.13 Å². The molecule has 36 heavy (non-hydrogen) atoms. The van der Waals surface area contributed by atoms with E-state index in [1.165, 1.54) is 0 Å². The highest BCUT2D eigenvalue weighted by Crippen LogP contribution is 2.57. The van der Waals surface area contributed by atoms with Crippen molar-refractivity contribution in [3.8, 4) is 11.5 Å². The monoisotopic (exact) mass is 598 g/mol. The van der Waals surface area contributed by atoms with E-state index in [9.17, 15) is 9.13 Å². The average molecular weight is 600 g/mol. The molecule has 0 bridgehead atoms. The topological polar surface area (TPSA) is 77.3 Å². The fourth-order valence-electron chi connectivity index (χ4n) is 3.34. The van der Waals surface area contributed by atoms with Gasteiger partial charge in [-0.15, -0.1) is 0 Å². The Hall–Kier alpha value is -2.30. The summed E-state index contributed by atoms with van der Waals surface area (Å²) < 4.78 is 33.1. The standard InChI is InChI=1S/C24H16Cl4N2O4P2/c25-35(26,31)33-19-7-1-5-17(13-19)15-29-23-11-3-10-22-21(23)9-4-12-24(22)30-16-18-6-2-8-20(14-18)34-36(27,28)32/h1-16H. The third-order valence-electron chi connectivity index (χ3n) is 4.72. The van der Waals surface area contributed by atoms with Crippen LogP contribution in [0.1, 0.15) is 11.1 Å². The Kier molecular flexibility index (Phi) is 8.47. The van der Waals surface area contributed by atoms with Gasteiger partial charge in [-0.1, -0.05) is 48.5 Å². The second kappa shape index (κ2) is 11.4. The molecule has 4 aromatic carbocycles. The van der Waals surface area contributed by atoms with E-state index in [-0.39, 0.29) is 11.5 Å². The quantitative estimate of drug-likeness (QED) is 0.149. The summed E-state index contributed by atoms with van der Waals surface area (Å²) >= 11 is 22.0. The second-order valence-electron chi connectivity index (χ2n) is 7.32. The Balaban J connectivity index is 1.61. The Labute approximate surface area is 226 Å². The Morgan fingerprint density at radius 2 is 0.972 bits per heavy atom. The molecule has 6 nitrogen and oxygen atoms in total. The van der Waals surface area contributed by atoms with Crippen molar-refractivity contribution in [3.63, 3.8) is 0 Å². The van der Waals surface area contributed by atoms with Gasteiger partial charge in [0.05, 0.1) is 11.4 Å². The molecule has 184 valence electrons. The van der Waals surface area contributed by atoms with Gasteiger partial charge in [0.25, 0.3) is 0 Å². The van der Waals surface area contributed by atoms with Crippen molar-refractivity contribution < 1.29 is 18.2 Å². The van der Waals surface area contributed by atoms with Gasteiger partial charge in [-0.3, -0.25) is 9.98 Å². The lowest BCUT2D eigenvalue weighted by Gasteiger charge is -2.07. The molecule has 0 heterocycles. The van der Waals surface area contributed by atoms with Crippen molar-refractivity contribution in [2.45, 2.75) is 0 Å². The SMILES string of the molecule is O=P(Cl)(Cl)Oc1cccc(C=Nc2cccc3c(N=Cc4cccc(OP(=O)(Cl)Cl)c4)cccc23)c1. The lowest BCUT2D eigenvalue weighted by molar-refractivity contribution is 0.512. The van der Waals surface area contributed by atoms with E-state index in [0.29, 0.717) is 11.1 Å². The molecule has 0 unspecified atom stereocenters. The van der Waals surface area contributed by atoms with Crippen molar-refractivity contribution in [2.24, 2.45) is 9.98 Å². The van der Waals surface area contributed by atoms with Crippen molar-refractivity contribution in [1.82, 2.24) is 0 Å². The van der Waals surface area contributed by atoms with Crippen molar-refractivity contribution >= 4 is 91.7 Å². The number of benzene rings is 4. The first-order valence-corrected chi connectivity index (χ1v) is 17.1. The number of fused-ring (bicyclic) bond motifs is 1. The van der Waals surface area contributed by atoms with E-state index in [4.69, 9.17) is 54.0 Å². The van der Waals surface area contributed by atoms with Crippen LogP contribution in [0.3, 0.4) is 0 Å². The maximum absolute atomic E-state index is 11.5. The van der Waals surface area contributed by atoms with Crippen molar-refractivity contribution in [3.05, 3.63) is 96.1 Å². The Morgan fingerprint density at radius 3 is 1.36 bits per heavy atom. The zero-order valence-corrected chi connectivity index (χ0v) is 23.0. The summed E-state index contributed by atoms with van der Waals surface area (Å²) in [4.78, 5) is 9.22. The van der Waals surface area contributed by atoms with E-state index >= 15 is 0 Å². The van der Waals surface area contributed by atoms with Crippen LogP contribution in [0.4, 0.5) is 11.4 Å². The molecule has 0 atom stereocenters. The molecule has 0 aromatic heterocycles. The van der Waals surface area contributed by atoms with Crippen LogP contribution < -0.4 is 9.05 Å². The molecule has 0 radical (unpaired) electrons. The molecule has 0 aliphatic carbocycles. The van der Waals surface area contributed by atoms with Gasteiger partial charge in [-0.2, -0.15) is 0 Å². The van der Waals surface area contributed by atoms with Crippen LogP contribution in [0.25, 0.3) is 10.8 Å². The second-order valence-corrected chi connectivity index (χ2v) is 15.7. The predicted molar refractivity (Wildman–Crippen MR) is 151 cm³/mol. The number of halogens is 4. The average Bonchev–Trinajstić information content (AvgIpc) is 2.79. The molecule has 4 aromatic rings. The minimum atomic E-state index is -3.71. The fraction of sp³-hybridized carbons (Fsp3) is 0. The van der Waals surface area contributed by atoms with Crippen LogP contribution >= 0.6 is 57.1 Å². The maximum atomic E-state index is 11.5. The maximum Gasteiger partial charge on any atom is 0.428 e. The normalized spacial score (nSPS) is 12.4. The molecular formula is C24H16Cl4N2O4P2. The minimum Gasteiger partial charge on any atom is -0.422 e. The van der Waals surface area contributed by atoms with E-state index < -0.39 is 12.1 Å². The van der Waals surface area contributed by atoms with Crippen LogP contribution in [-0.2, 0) is 9.13 Å². The zero-order valence-electron chi connectivity index (χ0n) is 18.2. The summed E-state index contributed by atoms with van der Waals surface area (Å²) in [6.07, 6.45) is -4.11. The molecule has 4 rings (SSSR count). The first-order chi connectivity index (χ1) is 17.1. The summed E-state index contributed by atoms with van der Waals surface area (Å²) in [5.41, 5.74) is 2.88. The molecule has 0 spiro atoms. The van der Waals surface area contributed by atoms with Gasteiger partial charge in [0.15, 0.2) is 0 Å². The molecule has 12 heteroatoms. The van der Waals surface area contributed by atoms with Crippen LogP contribution in [0, 0.1) is 0 Å². The van der Waals surface area contributed by atoms with Crippen LogP contribution in [0.5, 0.6) is 11.5 Å². The van der Waals surface area contributed by atoms with Gasteiger partial charge >= 0.3 is 12.1 Å². The smallest absolute Gasteiger partial charge is 0.422 e. The van der Waals surface area contributed by atoms with E-state index in [1.54, 1.807) is 48.8 Å². The number of nitrogens with zero attached hydrogens (tertiary/aromatic N) is 2. The molecule has 0 saturated heterocycles. The third-order valence-corrected chi connectivity index (χ3v) is 6.40. The van der Waals surface area contributed by atoms with Gasteiger partial charge < -0.3 is 9.05 Å².